The van der Waals surface area contributed by atoms with Crippen molar-refractivity contribution in [3.8, 4) is 0 Å². The van der Waals surface area contributed by atoms with Gasteiger partial charge in [-0.25, -0.2) is 4.79 Å². The van der Waals surface area contributed by atoms with Gasteiger partial charge in [0.2, 0.25) is 11.8 Å². The molecule has 0 unspecified atom stereocenters. The van der Waals surface area contributed by atoms with E-state index in [2.05, 4.69) is 24.1 Å². The average molecular weight is 490 g/mol. The maximum Gasteiger partial charge on any atom is 0.330 e. The minimum atomic E-state index is -0.670. The van der Waals surface area contributed by atoms with E-state index in [1.165, 1.54) is 0 Å². The van der Waals surface area contributed by atoms with Crippen LogP contribution >= 0.6 is 11.8 Å². The molecule has 2 amide bonds. The van der Waals surface area contributed by atoms with Crippen molar-refractivity contribution in [2.24, 2.45) is 5.41 Å². The molecule has 3 atom stereocenters. The van der Waals surface area contributed by atoms with E-state index >= 15 is 0 Å². The van der Waals surface area contributed by atoms with Crippen LogP contribution in [0.2, 0.25) is 0 Å². The Morgan fingerprint density at radius 2 is 1.88 bits per heavy atom. The predicted molar refractivity (Wildman–Crippen MR) is 130 cm³/mol. The molecular weight excluding hydrogens is 454 g/mol. The van der Waals surface area contributed by atoms with Crippen molar-refractivity contribution in [2.75, 3.05) is 39.5 Å². The van der Waals surface area contributed by atoms with Crippen molar-refractivity contribution in [1.29, 1.82) is 0 Å². The number of β-lactam (4-membered cyclic amide) rings is 1. The fourth-order valence-electron chi connectivity index (χ4n) is 4.89. The molecule has 3 aliphatic heterocycles. The molecule has 1 N–H and O–H groups in total. The van der Waals surface area contributed by atoms with Crippen LogP contribution in [0.25, 0.3) is 0 Å². The van der Waals surface area contributed by atoms with Crippen LogP contribution in [0.4, 0.5) is 0 Å². The number of ether oxygens (including phenoxy) is 2. The third-order valence-corrected chi connectivity index (χ3v) is 8.12. The van der Waals surface area contributed by atoms with Crippen LogP contribution in [0.5, 0.6) is 0 Å². The maximum absolute atomic E-state index is 13.2. The number of nitrogens with one attached hydrogen (secondary N) is 1. The molecule has 0 saturated carbocycles. The normalized spacial score (nSPS) is 26.5. The number of benzene rings is 1. The first-order valence-corrected chi connectivity index (χ1v) is 12.8. The third-order valence-electron chi connectivity index (χ3n) is 6.55. The Balaban J connectivity index is 1.33. The number of hydrogen-bond donors (Lipinski definition) is 1. The largest absolute Gasteiger partial charge is 0.463 e. The van der Waals surface area contributed by atoms with Crippen molar-refractivity contribution in [3.05, 3.63) is 35.9 Å². The Hall–Kier alpha value is -2.10. The lowest BCUT2D eigenvalue weighted by atomic mass is 9.93. The number of hydrogen-bond acceptors (Lipinski definition) is 7. The number of esters is 1. The first-order chi connectivity index (χ1) is 16.1. The fraction of sp³-hybridized carbons (Fsp3) is 0.640. The molecule has 1 aromatic carbocycles. The molecule has 1 aromatic rings. The third kappa shape index (κ3) is 5.42. The average Bonchev–Trinajstić information content (AvgIpc) is 3.05. The molecular formula is C25H35N3O5S. The van der Waals surface area contributed by atoms with Crippen molar-refractivity contribution < 1.29 is 23.9 Å². The summed E-state index contributed by atoms with van der Waals surface area (Å²) >= 11 is 1.54. The van der Waals surface area contributed by atoms with Gasteiger partial charge in [0.05, 0.1) is 26.2 Å². The van der Waals surface area contributed by atoms with E-state index in [1.54, 1.807) is 16.7 Å². The fourth-order valence-corrected chi connectivity index (χ4v) is 6.51. The summed E-state index contributed by atoms with van der Waals surface area (Å²) < 4.78 is 10.7. The summed E-state index contributed by atoms with van der Waals surface area (Å²) in [5.41, 5.74) is 0.680. The molecule has 0 radical (unpaired) electrons. The van der Waals surface area contributed by atoms with Crippen molar-refractivity contribution in [3.63, 3.8) is 0 Å². The summed E-state index contributed by atoms with van der Waals surface area (Å²) in [5, 5.41) is 2.60. The molecule has 4 rings (SSSR count). The molecule has 9 heteroatoms. The Morgan fingerprint density at radius 3 is 2.56 bits per heavy atom. The Morgan fingerprint density at radius 1 is 1.21 bits per heavy atom. The van der Waals surface area contributed by atoms with E-state index < -0.39 is 16.8 Å². The van der Waals surface area contributed by atoms with Gasteiger partial charge in [-0.2, -0.15) is 0 Å². The topological polar surface area (TPSA) is 88.2 Å². The molecule has 0 aromatic heterocycles. The molecule has 8 nitrogen and oxygen atoms in total. The number of rotatable bonds is 8. The second-order valence-corrected chi connectivity index (χ2v) is 12.4. The van der Waals surface area contributed by atoms with Crippen LogP contribution < -0.4 is 5.32 Å². The van der Waals surface area contributed by atoms with Crippen LogP contribution in [0.15, 0.2) is 30.3 Å². The summed E-state index contributed by atoms with van der Waals surface area (Å²) in [6.45, 7) is 12.4. The molecule has 3 aliphatic rings. The summed E-state index contributed by atoms with van der Waals surface area (Å²) in [6.07, 6.45) is 0.217. The molecule has 3 heterocycles. The minimum absolute atomic E-state index is 0.196. The second kappa shape index (κ2) is 9.87. The van der Waals surface area contributed by atoms with Gasteiger partial charge < -0.3 is 19.7 Å². The van der Waals surface area contributed by atoms with Crippen molar-refractivity contribution >= 4 is 29.5 Å². The van der Waals surface area contributed by atoms with Gasteiger partial charge in [-0.3, -0.25) is 14.5 Å². The summed E-state index contributed by atoms with van der Waals surface area (Å²) in [5.74, 6) is -0.796. The van der Waals surface area contributed by atoms with Gasteiger partial charge >= 0.3 is 5.97 Å². The quantitative estimate of drug-likeness (QED) is 0.439. The maximum atomic E-state index is 13.2. The van der Waals surface area contributed by atoms with E-state index in [-0.39, 0.29) is 41.6 Å². The highest BCUT2D eigenvalue weighted by Crippen LogP contribution is 2.51. The molecule has 0 aliphatic carbocycles. The molecule has 3 fully saturated rings. The van der Waals surface area contributed by atoms with Gasteiger partial charge in [-0.05, 0) is 19.4 Å². The van der Waals surface area contributed by atoms with E-state index in [4.69, 9.17) is 9.47 Å². The lowest BCUT2D eigenvalue weighted by Gasteiger charge is -2.44. The Kier molecular flexibility index (Phi) is 7.26. The zero-order chi connectivity index (χ0) is 24.5. The number of thioether (sulfide) groups is 1. The lowest BCUT2D eigenvalue weighted by molar-refractivity contribution is -0.166. The van der Waals surface area contributed by atoms with E-state index in [0.29, 0.717) is 0 Å². The van der Waals surface area contributed by atoms with Gasteiger partial charge in [0.25, 0.3) is 0 Å². The number of morpholine rings is 1. The Bertz CT molecular complexity index is 916. The first kappa shape index (κ1) is 25.0. The number of carbonyl (C=O) groups excluding carboxylic acids is 3. The number of nitrogens with zero attached hydrogens (tertiary/aromatic N) is 2. The highest BCUT2D eigenvalue weighted by atomic mass is 32.2. The molecule has 0 bridgehead atoms. The highest BCUT2D eigenvalue weighted by molar-refractivity contribution is 8.01. The standard InChI is InChI=1S/C25H35N3O5S/c1-24(2,15-27-10-12-32-13-11-27)16-33-23(31)20-25(3,4)34-22-19(21(30)28(20)22)26-18(29)14-17-8-6-5-7-9-17/h5-9,19-20,22H,10-16H2,1-4H3,(H,26,29)/t19-,20+,22-/m1/s1. The molecule has 0 spiro atoms. The van der Waals surface area contributed by atoms with E-state index in [1.807, 2.05) is 44.2 Å². The van der Waals surface area contributed by atoms with Crippen LogP contribution in [-0.2, 0) is 30.3 Å². The zero-order valence-corrected chi connectivity index (χ0v) is 21.2. The van der Waals surface area contributed by atoms with Crippen LogP contribution in [0.3, 0.4) is 0 Å². The van der Waals surface area contributed by atoms with E-state index in [9.17, 15) is 14.4 Å². The van der Waals surface area contributed by atoms with Crippen molar-refractivity contribution in [2.45, 2.75) is 56.3 Å². The van der Waals surface area contributed by atoms with Gasteiger partial charge in [0, 0.05) is 29.8 Å². The van der Waals surface area contributed by atoms with Gasteiger partial charge in [0.1, 0.15) is 17.5 Å². The lowest BCUT2D eigenvalue weighted by Crippen LogP contribution is -2.70. The van der Waals surface area contributed by atoms with Gasteiger partial charge in [-0.1, -0.05) is 44.2 Å². The van der Waals surface area contributed by atoms with Crippen LogP contribution in [-0.4, -0.2) is 89.2 Å². The van der Waals surface area contributed by atoms with E-state index in [0.717, 1.165) is 38.4 Å². The SMILES string of the molecule is CC(C)(COC(=O)[C@@H]1N2C(=O)[C@@H](NC(=O)Cc3ccccc3)[C@H]2SC1(C)C)CN1CCOCC1. The summed E-state index contributed by atoms with van der Waals surface area (Å²) in [4.78, 5) is 42.5. The first-order valence-electron chi connectivity index (χ1n) is 11.9. The smallest absolute Gasteiger partial charge is 0.330 e. The van der Waals surface area contributed by atoms with Crippen LogP contribution in [0.1, 0.15) is 33.3 Å². The molecule has 34 heavy (non-hydrogen) atoms. The predicted octanol–water partition coefficient (Wildman–Crippen LogP) is 1.68. The van der Waals surface area contributed by atoms with Gasteiger partial charge in [0.15, 0.2) is 0 Å². The summed E-state index contributed by atoms with van der Waals surface area (Å²) in [7, 11) is 0. The number of carbonyl (C=O) groups is 3. The molecule has 3 saturated heterocycles. The van der Waals surface area contributed by atoms with Gasteiger partial charge in [-0.15, -0.1) is 11.8 Å². The zero-order valence-electron chi connectivity index (χ0n) is 20.4. The van der Waals surface area contributed by atoms with Crippen molar-refractivity contribution in [1.82, 2.24) is 15.1 Å². The second-order valence-electron chi connectivity index (χ2n) is 10.6. The monoisotopic (exact) mass is 489 g/mol. The Labute approximate surface area is 205 Å². The highest BCUT2D eigenvalue weighted by Gasteiger charge is 2.64. The summed E-state index contributed by atoms with van der Waals surface area (Å²) in [6, 6.07) is 8.14. The molecule has 186 valence electrons. The van der Waals surface area contributed by atoms with Crippen LogP contribution in [0, 0.1) is 5.41 Å². The number of fused-ring (bicyclic) bond motifs is 1. The minimum Gasteiger partial charge on any atom is -0.463 e. The number of amides is 2.